The van der Waals surface area contributed by atoms with Gasteiger partial charge >= 0.3 is 0 Å². The largest absolute Gasteiger partial charge is 0.484 e. The summed E-state index contributed by atoms with van der Waals surface area (Å²) in [6.07, 6.45) is 0.899. The highest BCUT2D eigenvalue weighted by atomic mass is 32.2. The zero-order valence-corrected chi connectivity index (χ0v) is 15.3. The van der Waals surface area contributed by atoms with Crippen LogP contribution in [-0.4, -0.2) is 26.7 Å². The van der Waals surface area contributed by atoms with Gasteiger partial charge in [-0.15, -0.1) is 4.83 Å². The van der Waals surface area contributed by atoms with E-state index in [9.17, 15) is 18.0 Å². The molecule has 2 N–H and O–H groups in total. The number of carbonyl (C=O) groups is 2. The Hall–Kier alpha value is -2.71. The Morgan fingerprint density at radius 1 is 1.00 bits per heavy atom. The molecule has 138 valence electrons. The second kappa shape index (κ2) is 8.59. The molecule has 0 aliphatic carbocycles. The third-order valence-corrected chi connectivity index (χ3v) is 4.86. The molecule has 0 unspecified atom stereocenters. The van der Waals surface area contributed by atoms with Crippen molar-refractivity contribution in [2.24, 2.45) is 0 Å². The van der Waals surface area contributed by atoms with Gasteiger partial charge in [0.15, 0.2) is 12.4 Å². The van der Waals surface area contributed by atoms with Gasteiger partial charge in [0.25, 0.3) is 15.9 Å². The Morgan fingerprint density at radius 2 is 1.62 bits per heavy atom. The number of carbonyl (C=O) groups excluding carboxylic acids is 2. The summed E-state index contributed by atoms with van der Waals surface area (Å²) >= 11 is 0. The van der Waals surface area contributed by atoms with Crippen LogP contribution in [0.3, 0.4) is 0 Å². The van der Waals surface area contributed by atoms with Crippen LogP contribution in [0.4, 0.5) is 0 Å². The highest BCUT2D eigenvalue weighted by Crippen LogP contribution is 2.12. The van der Waals surface area contributed by atoms with Crippen LogP contribution in [0.5, 0.6) is 5.75 Å². The predicted octanol–water partition coefficient (Wildman–Crippen LogP) is 1.84. The highest BCUT2D eigenvalue weighted by molar-refractivity contribution is 7.89. The minimum atomic E-state index is -3.94. The lowest BCUT2D eigenvalue weighted by molar-refractivity contribution is -0.123. The van der Waals surface area contributed by atoms with Crippen LogP contribution in [0.2, 0.25) is 0 Å². The molecule has 2 aromatic rings. The average Bonchev–Trinajstić information content (AvgIpc) is 2.65. The van der Waals surface area contributed by atoms with E-state index in [1.54, 1.807) is 12.1 Å². The molecule has 0 saturated heterocycles. The molecular formula is C18H20N2O5S. The summed E-state index contributed by atoms with van der Waals surface area (Å²) in [7, 11) is -3.94. The van der Waals surface area contributed by atoms with E-state index in [0.29, 0.717) is 11.3 Å². The molecule has 8 heteroatoms. The molecule has 26 heavy (non-hydrogen) atoms. The summed E-state index contributed by atoms with van der Waals surface area (Å²) < 4.78 is 29.5. The van der Waals surface area contributed by atoms with E-state index in [0.717, 1.165) is 12.0 Å². The lowest BCUT2D eigenvalue weighted by Gasteiger charge is -2.10. The number of ether oxygens (including phenoxy) is 1. The fourth-order valence-electron chi connectivity index (χ4n) is 2.06. The number of amides is 1. The fraction of sp³-hybridized carbons (Fsp3) is 0.222. The highest BCUT2D eigenvalue weighted by Gasteiger charge is 2.15. The maximum atomic E-state index is 12.1. The summed E-state index contributed by atoms with van der Waals surface area (Å²) in [5.74, 6) is -0.298. The number of ketones is 1. The quantitative estimate of drug-likeness (QED) is 0.541. The first kappa shape index (κ1) is 19.6. The first-order chi connectivity index (χ1) is 12.3. The molecule has 0 atom stereocenters. The number of aryl methyl sites for hydroxylation is 1. The predicted molar refractivity (Wildman–Crippen MR) is 96.2 cm³/mol. The standard InChI is InChI=1S/C18H20N2O5S/c1-3-14-4-8-16(9-5-14)25-12-18(22)19-20-26(23,24)17-10-6-15(7-11-17)13(2)21/h4-11,20H,3,12H2,1-2H3,(H,19,22). The first-order valence-electron chi connectivity index (χ1n) is 7.95. The van der Waals surface area contributed by atoms with Gasteiger partial charge in [-0.25, -0.2) is 8.42 Å². The van der Waals surface area contributed by atoms with Crippen molar-refractivity contribution in [3.05, 3.63) is 59.7 Å². The number of hydrogen-bond donors (Lipinski definition) is 2. The summed E-state index contributed by atoms with van der Waals surface area (Å²) in [6.45, 7) is 3.08. The molecular weight excluding hydrogens is 356 g/mol. The number of nitrogens with one attached hydrogen (secondary N) is 2. The number of rotatable bonds is 8. The summed E-state index contributed by atoms with van der Waals surface area (Å²) in [4.78, 5) is 24.9. The van der Waals surface area contributed by atoms with Crippen LogP contribution >= 0.6 is 0 Å². The Kier molecular flexibility index (Phi) is 6.48. The van der Waals surface area contributed by atoms with Crippen LogP contribution in [-0.2, 0) is 21.2 Å². The lowest BCUT2D eigenvalue weighted by atomic mass is 10.2. The minimum Gasteiger partial charge on any atom is -0.484 e. The van der Waals surface area contributed by atoms with Gasteiger partial charge in [-0.05, 0) is 43.2 Å². The second-order valence-electron chi connectivity index (χ2n) is 5.52. The normalized spacial score (nSPS) is 11.0. The van der Waals surface area contributed by atoms with Gasteiger partial charge in [0.1, 0.15) is 5.75 Å². The van der Waals surface area contributed by atoms with Gasteiger partial charge in [0.05, 0.1) is 4.90 Å². The third kappa shape index (κ3) is 5.40. The monoisotopic (exact) mass is 376 g/mol. The summed E-state index contributed by atoms with van der Waals surface area (Å²) in [6, 6.07) is 12.7. The number of Topliss-reactive ketones (excluding diaryl/α,β-unsaturated/α-hetero) is 1. The zero-order valence-electron chi connectivity index (χ0n) is 14.5. The van der Waals surface area contributed by atoms with Gasteiger partial charge in [-0.2, -0.15) is 0 Å². The molecule has 0 fully saturated rings. The number of hydrogen-bond acceptors (Lipinski definition) is 5. The van der Waals surface area contributed by atoms with Gasteiger partial charge < -0.3 is 4.74 Å². The maximum Gasteiger partial charge on any atom is 0.272 e. The van der Waals surface area contributed by atoms with E-state index in [-0.39, 0.29) is 17.3 Å². The molecule has 1 amide bonds. The van der Waals surface area contributed by atoms with E-state index in [1.165, 1.54) is 31.2 Å². The molecule has 0 aromatic heterocycles. The number of sulfonamides is 1. The maximum absolute atomic E-state index is 12.1. The van der Waals surface area contributed by atoms with E-state index in [2.05, 4.69) is 5.43 Å². The van der Waals surface area contributed by atoms with Crippen molar-refractivity contribution in [2.45, 2.75) is 25.2 Å². The fourth-order valence-corrected chi connectivity index (χ4v) is 2.92. The number of benzene rings is 2. The summed E-state index contributed by atoms with van der Waals surface area (Å²) in [5.41, 5.74) is 3.63. The average molecular weight is 376 g/mol. The van der Waals surface area contributed by atoms with Gasteiger partial charge in [-0.3, -0.25) is 15.0 Å². The van der Waals surface area contributed by atoms with E-state index >= 15 is 0 Å². The topological polar surface area (TPSA) is 102 Å². The number of hydrazine groups is 1. The third-order valence-electron chi connectivity index (χ3n) is 3.60. The minimum absolute atomic E-state index is 0.0705. The Balaban J connectivity index is 1.87. The molecule has 0 aliphatic rings. The molecule has 7 nitrogen and oxygen atoms in total. The van der Waals surface area contributed by atoms with Crippen molar-refractivity contribution in [1.29, 1.82) is 0 Å². The first-order valence-corrected chi connectivity index (χ1v) is 9.43. The van der Waals surface area contributed by atoms with E-state index in [1.807, 2.05) is 23.9 Å². The van der Waals surface area contributed by atoms with Gasteiger partial charge in [0.2, 0.25) is 0 Å². The molecule has 0 spiro atoms. The van der Waals surface area contributed by atoms with Gasteiger partial charge in [0, 0.05) is 5.56 Å². The zero-order chi connectivity index (χ0) is 19.2. The van der Waals surface area contributed by atoms with Crippen molar-refractivity contribution in [3.63, 3.8) is 0 Å². The van der Waals surface area contributed by atoms with Crippen LogP contribution in [0.25, 0.3) is 0 Å². The van der Waals surface area contributed by atoms with E-state index < -0.39 is 15.9 Å². The van der Waals surface area contributed by atoms with Crippen molar-refractivity contribution in [2.75, 3.05) is 6.61 Å². The Bertz CT molecular complexity index is 875. The smallest absolute Gasteiger partial charge is 0.272 e. The Labute approximate surface area is 152 Å². The Morgan fingerprint density at radius 3 is 2.15 bits per heavy atom. The van der Waals surface area contributed by atoms with Crippen molar-refractivity contribution in [1.82, 2.24) is 10.3 Å². The molecule has 2 aromatic carbocycles. The van der Waals surface area contributed by atoms with Gasteiger partial charge in [-0.1, -0.05) is 31.2 Å². The second-order valence-corrected chi connectivity index (χ2v) is 7.20. The van der Waals surface area contributed by atoms with Crippen molar-refractivity contribution >= 4 is 21.7 Å². The molecule has 0 aliphatic heterocycles. The van der Waals surface area contributed by atoms with Crippen LogP contribution in [0, 0.1) is 0 Å². The van der Waals surface area contributed by atoms with Crippen molar-refractivity contribution < 1.29 is 22.7 Å². The summed E-state index contributed by atoms with van der Waals surface area (Å²) in [5, 5.41) is 0. The lowest BCUT2D eigenvalue weighted by Crippen LogP contribution is -2.43. The molecule has 2 rings (SSSR count). The molecule has 0 bridgehead atoms. The van der Waals surface area contributed by atoms with Crippen LogP contribution in [0.15, 0.2) is 53.4 Å². The molecule has 0 heterocycles. The van der Waals surface area contributed by atoms with Crippen molar-refractivity contribution in [3.8, 4) is 5.75 Å². The van der Waals surface area contributed by atoms with E-state index in [4.69, 9.17) is 4.74 Å². The van der Waals surface area contributed by atoms with Crippen LogP contribution < -0.4 is 15.0 Å². The molecule has 0 saturated carbocycles. The molecule has 0 radical (unpaired) electrons. The SMILES string of the molecule is CCc1ccc(OCC(=O)NNS(=O)(=O)c2ccc(C(C)=O)cc2)cc1. The van der Waals surface area contributed by atoms with Crippen LogP contribution in [0.1, 0.15) is 29.8 Å².